The van der Waals surface area contributed by atoms with Gasteiger partial charge in [-0.05, 0) is 57.1 Å². The lowest BCUT2D eigenvalue weighted by molar-refractivity contribution is -0.0363. The predicted molar refractivity (Wildman–Crippen MR) is 120 cm³/mol. The molecular formula is C24H24NO5PS. The molecular weight excluding hydrogens is 445 g/mol. The smallest absolute Gasteiger partial charge is 0.297 e. The number of likely N-dealkylation sites (tertiary alicyclic amines) is 1. The molecule has 1 fully saturated rings. The molecule has 32 heavy (non-hydrogen) atoms. The molecule has 2 aromatic rings. The van der Waals surface area contributed by atoms with Crippen LogP contribution in [0, 0.1) is 12.8 Å². The monoisotopic (exact) mass is 469 g/mol. The van der Waals surface area contributed by atoms with E-state index in [0.29, 0.717) is 17.1 Å². The number of hydrogen-bond donors (Lipinski definition) is 0. The van der Waals surface area contributed by atoms with E-state index in [0.717, 1.165) is 30.5 Å². The Labute approximate surface area is 189 Å². The van der Waals surface area contributed by atoms with Gasteiger partial charge in [0.05, 0.1) is 10.2 Å². The Balaban J connectivity index is 1.47. The summed E-state index contributed by atoms with van der Waals surface area (Å²) in [5.41, 5.74) is 2.93. The lowest BCUT2D eigenvalue weighted by Crippen LogP contribution is -2.65. The molecule has 2 bridgehead atoms. The van der Waals surface area contributed by atoms with Gasteiger partial charge in [0.25, 0.3) is 10.1 Å². The first kappa shape index (κ1) is 20.5. The number of likely N-dealkylation sites (N-methyl/N-ethyl adjacent to an activating group) is 1. The van der Waals surface area contributed by atoms with E-state index in [1.165, 1.54) is 5.56 Å². The summed E-state index contributed by atoms with van der Waals surface area (Å²) in [5.74, 6) is 0.850. The van der Waals surface area contributed by atoms with Crippen LogP contribution in [0.1, 0.15) is 23.1 Å². The second-order valence-electron chi connectivity index (χ2n) is 9.36. The summed E-state index contributed by atoms with van der Waals surface area (Å²) in [6, 6.07) is 10.9. The lowest BCUT2D eigenvalue weighted by atomic mass is 9.53. The van der Waals surface area contributed by atoms with Crippen LogP contribution in [0.2, 0.25) is 0 Å². The quantitative estimate of drug-likeness (QED) is 0.389. The minimum atomic E-state index is -3.97. The van der Waals surface area contributed by atoms with Crippen molar-refractivity contribution in [1.29, 1.82) is 0 Å². The summed E-state index contributed by atoms with van der Waals surface area (Å²) in [5, 5.41) is 0.615. The fourth-order valence-electron chi connectivity index (χ4n) is 6.28. The Morgan fingerprint density at radius 2 is 1.94 bits per heavy atom. The minimum Gasteiger partial charge on any atom is -0.485 e. The number of benzene rings is 2. The van der Waals surface area contributed by atoms with Gasteiger partial charge in [0.1, 0.15) is 18.0 Å². The standard InChI is InChI=1S/C24H24NO5PS/c1-14-3-6-16(7-4-14)32(27,28)30-19-9-8-17-18-13-15-5-10-20(31-26)22-21(15)24(17,23(19)29-22)11-12-25(18)2/h3-10,17-19,23H,11-13H2,1-2H3/t17-,18+,19-,23?,24-/m0/s1. The zero-order valence-corrected chi connectivity index (χ0v) is 19.6. The van der Waals surface area contributed by atoms with Gasteiger partial charge < -0.3 is 9.64 Å². The van der Waals surface area contributed by atoms with Gasteiger partial charge >= 0.3 is 0 Å². The maximum Gasteiger partial charge on any atom is 0.297 e. The topological polar surface area (TPSA) is 72.9 Å². The molecule has 1 saturated heterocycles. The molecule has 2 heterocycles. The number of piperidine rings is 1. The van der Waals surface area contributed by atoms with E-state index in [9.17, 15) is 13.0 Å². The van der Waals surface area contributed by atoms with Gasteiger partial charge in [-0.1, -0.05) is 35.9 Å². The van der Waals surface area contributed by atoms with Crippen molar-refractivity contribution in [3.8, 4) is 5.75 Å². The first-order valence-electron chi connectivity index (χ1n) is 10.9. The number of aryl methyl sites for hydroxylation is 1. The average molecular weight is 469 g/mol. The summed E-state index contributed by atoms with van der Waals surface area (Å²) in [4.78, 5) is 2.53. The molecule has 6 rings (SSSR count). The summed E-state index contributed by atoms with van der Waals surface area (Å²) in [7, 11) is -1.92. The zero-order chi connectivity index (χ0) is 22.3. The normalized spacial score (nSPS) is 32.6. The van der Waals surface area contributed by atoms with Gasteiger partial charge in [-0.3, -0.25) is 8.75 Å². The molecule has 1 unspecified atom stereocenters. The molecule has 2 aliphatic carbocycles. The Morgan fingerprint density at radius 1 is 1.16 bits per heavy atom. The highest BCUT2D eigenvalue weighted by atomic mass is 32.2. The predicted octanol–water partition coefficient (Wildman–Crippen LogP) is 3.13. The third-order valence-electron chi connectivity index (χ3n) is 7.78. The number of hydrogen-bond acceptors (Lipinski definition) is 6. The number of rotatable bonds is 4. The number of ether oxygens (including phenoxy) is 1. The lowest BCUT2D eigenvalue weighted by Gasteiger charge is -2.56. The molecule has 4 aliphatic rings. The van der Waals surface area contributed by atoms with Crippen molar-refractivity contribution in [3.63, 3.8) is 0 Å². The number of nitrogens with zero attached hydrogens (tertiary/aromatic N) is 1. The Hall–Kier alpha value is -2.05. The van der Waals surface area contributed by atoms with Crippen LogP contribution in [-0.2, 0) is 30.7 Å². The van der Waals surface area contributed by atoms with Crippen LogP contribution >= 0.6 is 8.46 Å². The third kappa shape index (κ3) is 2.69. The van der Waals surface area contributed by atoms with Crippen LogP contribution in [0.3, 0.4) is 0 Å². The molecule has 6 nitrogen and oxygen atoms in total. The molecule has 1 spiro atoms. The van der Waals surface area contributed by atoms with Crippen molar-refractivity contribution in [2.45, 2.75) is 48.3 Å². The summed E-state index contributed by atoms with van der Waals surface area (Å²) in [6.07, 6.45) is 4.49. The summed E-state index contributed by atoms with van der Waals surface area (Å²) in [6.45, 7) is 2.80. The van der Waals surface area contributed by atoms with E-state index in [2.05, 4.69) is 24.1 Å². The molecule has 2 aliphatic heterocycles. The van der Waals surface area contributed by atoms with Gasteiger partial charge in [-0.25, -0.2) is 0 Å². The van der Waals surface area contributed by atoms with E-state index in [1.54, 1.807) is 24.3 Å². The minimum absolute atomic E-state index is 0.0974. The van der Waals surface area contributed by atoms with Crippen LogP contribution in [0.4, 0.5) is 0 Å². The zero-order valence-electron chi connectivity index (χ0n) is 17.9. The first-order valence-corrected chi connectivity index (χ1v) is 13.1. The highest BCUT2D eigenvalue weighted by Gasteiger charge is 2.65. The second-order valence-corrected chi connectivity index (χ2v) is 11.6. The molecule has 0 radical (unpaired) electrons. The fourth-order valence-corrected chi connectivity index (χ4v) is 7.70. The van der Waals surface area contributed by atoms with Crippen LogP contribution in [0.25, 0.3) is 0 Å². The van der Waals surface area contributed by atoms with Crippen LogP contribution in [-0.4, -0.2) is 45.2 Å². The van der Waals surface area contributed by atoms with Crippen LogP contribution < -0.4 is 10.0 Å². The molecule has 0 amide bonds. The second kappa shape index (κ2) is 6.97. The highest BCUT2D eigenvalue weighted by molar-refractivity contribution is 7.86. The molecule has 0 saturated carbocycles. The van der Waals surface area contributed by atoms with Crippen molar-refractivity contribution in [1.82, 2.24) is 4.90 Å². The van der Waals surface area contributed by atoms with Crippen LogP contribution in [0.5, 0.6) is 5.75 Å². The Morgan fingerprint density at radius 3 is 2.69 bits per heavy atom. The van der Waals surface area contributed by atoms with E-state index < -0.39 is 22.3 Å². The third-order valence-corrected chi connectivity index (χ3v) is 9.65. The van der Waals surface area contributed by atoms with Gasteiger partial charge in [0.2, 0.25) is 0 Å². The fraction of sp³-hybridized carbons (Fsp3) is 0.417. The molecule has 5 atom stereocenters. The largest absolute Gasteiger partial charge is 0.485 e. The SMILES string of the molecule is Cc1ccc(S(=O)(=O)O[C@H]2C=C[C@H]3[C@H]4Cc5ccc(P=O)c6c5[C@@]3(CCN4C)C2O6)cc1. The Kier molecular flexibility index (Phi) is 4.48. The van der Waals surface area contributed by atoms with E-state index in [4.69, 9.17) is 8.92 Å². The van der Waals surface area contributed by atoms with Crippen molar-refractivity contribution in [2.24, 2.45) is 5.92 Å². The molecule has 8 heteroatoms. The van der Waals surface area contributed by atoms with Crippen molar-refractivity contribution in [3.05, 3.63) is 65.2 Å². The highest BCUT2D eigenvalue weighted by Crippen LogP contribution is 2.60. The molecule has 2 aromatic carbocycles. The van der Waals surface area contributed by atoms with E-state index >= 15 is 0 Å². The average Bonchev–Trinajstić information content (AvgIpc) is 3.13. The summed E-state index contributed by atoms with van der Waals surface area (Å²) < 4.78 is 50.4. The molecule has 0 N–H and O–H groups in total. The maximum atomic E-state index is 13.1. The van der Waals surface area contributed by atoms with E-state index in [1.807, 2.05) is 19.1 Å². The first-order chi connectivity index (χ1) is 15.3. The van der Waals surface area contributed by atoms with Gasteiger partial charge in [-0.2, -0.15) is 8.42 Å². The Bertz CT molecular complexity index is 1260. The van der Waals surface area contributed by atoms with Gasteiger partial charge in [-0.15, -0.1) is 0 Å². The van der Waals surface area contributed by atoms with Crippen LogP contribution in [0.15, 0.2) is 53.4 Å². The maximum absolute atomic E-state index is 13.1. The molecule has 0 aromatic heterocycles. The summed E-state index contributed by atoms with van der Waals surface area (Å²) >= 11 is 0. The van der Waals surface area contributed by atoms with Crippen molar-refractivity contribution in [2.75, 3.05) is 13.6 Å². The van der Waals surface area contributed by atoms with Crippen molar-refractivity contribution < 1.29 is 21.9 Å². The molecule has 166 valence electrons. The van der Waals surface area contributed by atoms with Gasteiger partial charge in [0.15, 0.2) is 8.46 Å². The van der Waals surface area contributed by atoms with E-state index in [-0.39, 0.29) is 24.7 Å². The van der Waals surface area contributed by atoms with Gasteiger partial charge in [0, 0.05) is 22.9 Å². The van der Waals surface area contributed by atoms with Crippen molar-refractivity contribution >= 4 is 23.9 Å².